The fourth-order valence-corrected chi connectivity index (χ4v) is 3.25. The van der Waals surface area contributed by atoms with Crippen molar-refractivity contribution in [1.29, 1.82) is 0 Å². The summed E-state index contributed by atoms with van der Waals surface area (Å²) >= 11 is 1.14. The number of hydrogen-bond acceptors (Lipinski definition) is 6. The number of anilines is 1. The van der Waals surface area contributed by atoms with Crippen molar-refractivity contribution in [3.05, 3.63) is 53.9 Å². The molecule has 1 aliphatic heterocycles. The third-order valence-electron chi connectivity index (χ3n) is 3.67. The van der Waals surface area contributed by atoms with E-state index in [1.165, 1.54) is 18.2 Å². The summed E-state index contributed by atoms with van der Waals surface area (Å²) in [5.74, 6) is -0.255. The van der Waals surface area contributed by atoms with E-state index in [4.69, 9.17) is 9.47 Å². The maximum absolute atomic E-state index is 12.7. The van der Waals surface area contributed by atoms with Crippen molar-refractivity contribution in [3.63, 3.8) is 0 Å². The Kier molecular flexibility index (Phi) is 5.08. The lowest BCUT2D eigenvalue weighted by Crippen LogP contribution is -2.48. The van der Waals surface area contributed by atoms with Gasteiger partial charge in [-0.15, -0.1) is 0 Å². The molecule has 0 spiro atoms. The Balaban J connectivity index is 1.78. The van der Waals surface area contributed by atoms with Crippen LogP contribution in [0.3, 0.4) is 0 Å². The largest absolute Gasteiger partial charge is 0.618 e. The monoisotopic (exact) mass is 360 g/mol. The lowest BCUT2D eigenvalue weighted by atomic mass is 10.2. The molecule has 3 rings (SSSR count). The summed E-state index contributed by atoms with van der Waals surface area (Å²) in [4.78, 5) is 26.0. The molecule has 1 aromatic heterocycles. The van der Waals surface area contributed by atoms with Gasteiger partial charge in [0.05, 0.1) is 25.1 Å². The second kappa shape index (κ2) is 7.43. The van der Waals surface area contributed by atoms with E-state index in [2.05, 4.69) is 0 Å². The number of pyridine rings is 1. The van der Waals surface area contributed by atoms with Crippen LogP contribution < -0.4 is 14.4 Å². The molecule has 7 nitrogen and oxygen atoms in total. The normalized spacial score (nSPS) is 15.9. The van der Waals surface area contributed by atoms with Crippen LogP contribution >= 0.6 is 11.8 Å². The van der Waals surface area contributed by atoms with Crippen LogP contribution in [-0.2, 0) is 14.3 Å². The van der Waals surface area contributed by atoms with Crippen molar-refractivity contribution in [2.45, 2.75) is 11.1 Å². The zero-order valence-corrected chi connectivity index (χ0v) is 14.3. The first-order chi connectivity index (χ1) is 12.1. The molecule has 1 aliphatic rings. The minimum Gasteiger partial charge on any atom is -0.618 e. The van der Waals surface area contributed by atoms with Crippen LogP contribution in [0.2, 0.25) is 0 Å². The first-order valence-electron chi connectivity index (χ1n) is 7.55. The van der Waals surface area contributed by atoms with Gasteiger partial charge in [0.15, 0.2) is 6.20 Å². The van der Waals surface area contributed by atoms with Gasteiger partial charge in [0.25, 0.3) is 5.03 Å². The minimum absolute atomic E-state index is 0.0640. The highest BCUT2D eigenvalue weighted by molar-refractivity contribution is 7.99. The maximum atomic E-state index is 12.7. The number of amides is 1. The summed E-state index contributed by atoms with van der Waals surface area (Å²) in [6, 6.07) is 12.0. The van der Waals surface area contributed by atoms with Crippen LogP contribution in [0.15, 0.2) is 53.7 Å². The van der Waals surface area contributed by atoms with Crippen LogP contribution in [0.4, 0.5) is 5.69 Å². The predicted octanol–water partition coefficient (Wildman–Crippen LogP) is 1.38. The fourth-order valence-electron chi connectivity index (χ4n) is 2.46. The quantitative estimate of drug-likeness (QED) is 0.355. The number of benzene rings is 1. The molecule has 1 unspecified atom stereocenters. The molecule has 25 heavy (non-hydrogen) atoms. The van der Waals surface area contributed by atoms with Crippen LogP contribution in [0.5, 0.6) is 5.75 Å². The number of carbonyl (C=O) groups is 2. The van der Waals surface area contributed by atoms with Crippen LogP contribution in [0.25, 0.3) is 0 Å². The second-order valence-electron chi connectivity index (χ2n) is 5.26. The van der Waals surface area contributed by atoms with Crippen LogP contribution in [0, 0.1) is 5.21 Å². The van der Waals surface area contributed by atoms with Gasteiger partial charge in [0.2, 0.25) is 12.0 Å². The van der Waals surface area contributed by atoms with Gasteiger partial charge in [-0.2, -0.15) is 4.73 Å². The Morgan fingerprint density at radius 3 is 2.84 bits per heavy atom. The number of thioether (sulfide) groups is 1. The van der Waals surface area contributed by atoms with E-state index < -0.39 is 12.1 Å². The first kappa shape index (κ1) is 17.1. The Bertz CT molecular complexity index is 798. The Morgan fingerprint density at radius 2 is 2.08 bits per heavy atom. The molecule has 2 heterocycles. The van der Waals surface area contributed by atoms with Gasteiger partial charge < -0.3 is 19.6 Å². The molecule has 0 saturated carbocycles. The minimum atomic E-state index is -0.880. The summed E-state index contributed by atoms with van der Waals surface area (Å²) in [5, 5.41) is 12.1. The van der Waals surface area contributed by atoms with Gasteiger partial charge in [-0.3, -0.25) is 4.79 Å². The number of esters is 1. The number of hydrogen-bond donors (Lipinski definition) is 0. The molecule has 130 valence electrons. The molecule has 0 fully saturated rings. The van der Waals surface area contributed by atoms with E-state index in [9.17, 15) is 14.8 Å². The average molecular weight is 360 g/mol. The van der Waals surface area contributed by atoms with E-state index in [0.717, 1.165) is 11.8 Å². The number of fused-ring (bicyclic) bond motifs is 1. The van der Waals surface area contributed by atoms with Gasteiger partial charge >= 0.3 is 5.97 Å². The lowest BCUT2D eigenvalue weighted by molar-refractivity contribution is -0.645. The Hall–Kier alpha value is -2.74. The molecule has 0 saturated heterocycles. The van der Waals surface area contributed by atoms with Gasteiger partial charge in [-0.25, -0.2) is 4.79 Å². The zero-order chi connectivity index (χ0) is 17.8. The van der Waals surface area contributed by atoms with Gasteiger partial charge in [-0.05, 0) is 30.0 Å². The maximum Gasteiger partial charge on any atom is 0.348 e. The van der Waals surface area contributed by atoms with Gasteiger partial charge in [0, 0.05) is 12.1 Å². The fraction of sp³-hybridized carbons (Fsp3) is 0.235. The smallest absolute Gasteiger partial charge is 0.348 e. The van der Waals surface area contributed by atoms with Crippen molar-refractivity contribution in [3.8, 4) is 5.75 Å². The highest BCUT2D eigenvalue weighted by atomic mass is 32.2. The summed E-state index contributed by atoms with van der Waals surface area (Å²) in [5.41, 5.74) is 0.594. The van der Waals surface area contributed by atoms with Crippen molar-refractivity contribution in [2.75, 3.05) is 24.3 Å². The number of carbonyl (C=O) groups excluding carboxylic acids is 2. The predicted molar refractivity (Wildman–Crippen MR) is 91.4 cm³/mol. The third kappa shape index (κ3) is 3.69. The van der Waals surface area contributed by atoms with Crippen molar-refractivity contribution in [2.24, 2.45) is 0 Å². The highest BCUT2D eigenvalue weighted by Gasteiger charge is 2.34. The summed E-state index contributed by atoms with van der Waals surface area (Å²) < 4.78 is 11.1. The van der Waals surface area contributed by atoms with E-state index in [1.54, 1.807) is 42.5 Å². The molecule has 2 aromatic rings. The summed E-state index contributed by atoms with van der Waals surface area (Å²) in [6.07, 6.45) is 0.499. The van der Waals surface area contributed by atoms with E-state index in [-0.39, 0.29) is 18.2 Å². The number of aromatic nitrogens is 1. The lowest BCUT2D eigenvalue weighted by Gasteiger charge is -2.33. The molecule has 1 atom stereocenters. The van der Waals surface area contributed by atoms with Crippen LogP contribution in [0.1, 0.15) is 0 Å². The molecule has 8 heteroatoms. The molecule has 0 radical (unpaired) electrons. The standard InChI is InChI=1S/C17H16N2O5S/c1-23-17(21)14-10-18(12-6-2-3-7-13(12)24-14)15(20)11-25-16-8-4-5-9-19(16)22/h2-9,14H,10-11H2,1H3. The molecule has 1 aromatic carbocycles. The van der Waals surface area contributed by atoms with Crippen LogP contribution in [-0.4, -0.2) is 37.4 Å². The number of ether oxygens (including phenoxy) is 2. The van der Waals surface area contributed by atoms with E-state index in [1.807, 2.05) is 0 Å². The SMILES string of the molecule is COC(=O)C1CN(C(=O)CSc2cccc[n+]2[O-])c2ccccc2O1. The highest BCUT2D eigenvalue weighted by Crippen LogP contribution is 2.34. The zero-order valence-electron chi connectivity index (χ0n) is 13.5. The van der Waals surface area contributed by atoms with Crippen molar-refractivity contribution >= 4 is 29.3 Å². The molecule has 0 N–H and O–H groups in total. The number of para-hydroxylation sites is 2. The third-order valence-corrected chi connectivity index (χ3v) is 4.67. The molecular weight excluding hydrogens is 344 g/mol. The molecular formula is C17H16N2O5S. The first-order valence-corrected chi connectivity index (χ1v) is 8.53. The summed E-state index contributed by atoms with van der Waals surface area (Å²) in [6.45, 7) is 0.0647. The van der Waals surface area contributed by atoms with E-state index >= 15 is 0 Å². The van der Waals surface area contributed by atoms with Gasteiger partial charge in [0.1, 0.15) is 5.75 Å². The molecule has 0 bridgehead atoms. The van der Waals surface area contributed by atoms with Gasteiger partial charge in [-0.1, -0.05) is 12.1 Å². The Morgan fingerprint density at radius 1 is 1.32 bits per heavy atom. The number of nitrogens with zero attached hydrogens (tertiary/aromatic N) is 2. The van der Waals surface area contributed by atoms with E-state index in [0.29, 0.717) is 21.2 Å². The summed E-state index contributed by atoms with van der Waals surface area (Å²) in [7, 11) is 1.27. The molecule has 1 amide bonds. The second-order valence-corrected chi connectivity index (χ2v) is 6.25. The Labute approximate surface area is 148 Å². The average Bonchev–Trinajstić information content (AvgIpc) is 2.65. The van der Waals surface area contributed by atoms with Crippen molar-refractivity contribution in [1.82, 2.24) is 0 Å². The number of rotatable bonds is 4. The van der Waals surface area contributed by atoms with Crippen molar-refractivity contribution < 1.29 is 23.8 Å². The number of methoxy groups -OCH3 is 1. The topological polar surface area (TPSA) is 82.8 Å². The molecule has 0 aliphatic carbocycles.